The minimum atomic E-state index is 0.157. The van der Waals surface area contributed by atoms with E-state index in [1.54, 1.807) is 11.8 Å². The van der Waals surface area contributed by atoms with Crippen molar-refractivity contribution in [3.63, 3.8) is 0 Å². The molecule has 0 aromatic carbocycles. The normalized spacial score (nSPS) is 41.3. The quantitative estimate of drug-likeness (QED) is 0.562. The molecule has 3 saturated carbocycles. The first-order valence-electron chi connectivity index (χ1n) is 12.0. The van der Waals surface area contributed by atoms with Crippen molar-refractivity contribution in [2.45, 2.75) is 96.1 Å². The molecule has 0 aromatic heterocycles. The number of aliphatic hydroxyl groups excluding tert-OH is 1. The molecule has 0 saturated heterocycles. The largest absolute Gasteiger partial charge is 0.396 e. The maximum atomic E-state index is 12.5. The van der Waals surface area contributed by atoms with E-state index in [1.165, 1.54) is 44.1 Å². The van der Waals surface area contributed by atoms with E-state index in [2.05, 4.69) is 6.92 Å². The molecule has 162 valence electrons. The monoisotopic (exact) mass is 418 g/mol. The lowest BCUT2D eigenvalue weighted by Crippen LogP contribution is -2.54. The zero-order chi connectivity index (χ0) is 20.6. The van der Waals surface area contributed by atoms with Crippen molar-refractivity contribution in [1.29, 1.82) is 0 Å². The fourth-order valence-electron chi connectivity index (χ4n) is 7.69. The molecule has 0 aromatic rings. The van der Waals surface area contributed by atoms with Crippen LogP contribution in [0.1, 0.15) is 90.9 Å². The van der Waals surface area contributed by atoms with E-state index in [4.69, 9.17) is 0 Å². The number of hydrogen-bond acceptors (Lipinski definition) is 4. The summed E-state index contributed by atoms with van der Waals surface area (Å²) in [6.45, 7) is 4.70. The first kappa shape index (κ1) is 21.6. The second-order valence-corrected chi connectivity index (χ2v) is 11.7. The Hall–Kier alpha value is -0.610. The molecule has 0 heterocycles. The number of allylic oxidation sites excluding steroid dienone is 1. The molecule has 4 rings (SSSR count). The Bertz CT molecular complexity index is 686. The lowest BCUT2D eigenvalue weighted by Gasteiger charge is -2.60. The van der Waals surface area contributed by atoms with Gasteiger partial charge < -0.3 is 5.11 Å². The van der Waals surface area contributed by atoms with Crippen molar-refractivity contribution in [3.8, 4) is 0 Å². The minimum absolute atomic E-state index is 0.157. The van der Waals surface area contributed by atoms with Crippen molar-refractivity contribution in [3.05, 3.63) is 11.6 Å². The standard InChI is InChI=1S/C25H38O3S/c1-3-22(28)29-21-16-17-15-18(27)8-12-24(17,2)19-9-13-25(10-4-5-14-26)11-6-7-20(25)23(19)21/h15,19-21,23,26H,3-14,16H2,1-2H3/t19-,20-,21+,23+,24-,25-/m0/s1. The predicted octanol–water partition coefficient (Wildman–Crippen LogP) is 5.70. The molecule has 4 aliphatic carbocycles. The van der Waals surface area contributed by atoms with E-state index < -0.39 is 0 Å². The van der Waals surface area contributed by atoms with E-state index in [0.717, 1.165) is 31.6 Å². The van der Waals surface area contributed by atoms with E-state index in [9.17, 15) is 14.7 Å². The molecule has 0 amide bonds. The number of hydrogen-bond donors (Lipinski definition) is 1. The summed E-state index contributed by atoms with van der Waals surface area (Å²) < 4.78 is 0. The summed E-state index contributed by atoms with van der Waals surface area (Å²) in [6.07, 6.45) is 15.0. The van der Waals surface area contributed by atoms with Gasteiger partial charge in [0.15, 0.2) is 10.9 Å². The highest BCUT2D eigenvalue weighted by Gasteiger charge is 2.60. The molecule has 3 fully saturated rings. The first-order valence-corrected chi connectivity index (χ1v) is 12.9. The summed E-state index contributed by atoms with van der Waals surface area (Å²) in [5.74, 6) is 2.23. The van der Waals surface area contributed by atoms with Gasteiger partial charge in [0, 0.05) is 24.7 Å². The van der Waals surface area contributed by atoms with Gasteiger partial charge in [-0.3, -0.25) is 9.59 Å². The summed E-state index contributed by atoms with van der Waals surface area (Å²) in [6, 6.07) is 0. The highest BCUT2D eigenvalue weighted by Crippen LogP contribution is 2.67. The Morgan fingerprint density at radius 1 is 1.21 bits per heavy atom. The van der Waals surface area contributed by atoms with Crippen LogP contribution in [0.2, 0.25) is 0 Å². The van der Waals surface area contributed by atoms with E-state index in [1.807, 2.05) is 13.0 Å². The molecule has 6 atom stereocenters. The molecule has 3 nitrogen and oxygen atoms in total. The molecule has 0 unspecified atom stereocenters. The number of rotatable bonds is 6. The van der Waals surface area contributed by atoms with E-state index in [0.29, 0.717) is 47.1 Å². The van der Waals surface area contributed by atoms with Gasteiger partial charge in [-0.05, 0) is 86.0 Å². The number of fused-ring (bicyclic) bond motifs is 5. The smallest absolute Gasteiger partial charge is 0.188 e. The van der Waals surface area contributed by atoms with Gasteiger partial charge in [0.25, 0.3) is 0 Å². The third-order valence-corrected chi connectivity index (χ3v) is 10.5. The summed E-state index contributed by atoms with van der Waals surface area (Å²) in [5, 5.41) is 9.96. The van der Waals surface area contributed by atoms with Crippen LogP contribution in [0.4, 0.5) is 0 Å². The molecule has 1 N–H and O–H groups in total. The van der Waals surface area contributed by atoms with Crippen LogP contribution < -0.4 is 0 Å². The molecule has 0 radical (unpaired) electrons. The van der Waals surface area contributed by atoms with Crippen LogP contribution in [0, 0.1) is 28.6 Å². The zero-order valence-corrected chi connectivity index (χ0v) is 19.1. The highest BCUT2D eigenvalue weighted by atomic mass is 32.2. The lowest BCUT2D eigenvalue weighted by molar-refractivity contribution is -0.117. The fraction of sp³-hybridized carbons (Fsp3) is 0.840. The number of thioether (sulfide) groups is 1. The topological polar surface area (TPSA) is 54.4 Å². The van der Waals surface area contributed by atoms with Gasteiger partial charge >= 0.3 is 0 Å². The fourth-order valence-corrected chi connectivity index (χ4v) is 9.00. The number of ketones is 1. The molecule has 4 aliphatic rings. The third-order valence-electron chi connectivity index (χ3n) is 9.14. The van der Waals surface area contributed by atoms with Gasteiger partial charge in [-0.1, -0.05) is 44.0 Å². The molecule has 0 spiro atoms. The van der Waals surface area contributed by atoms with Gasteiger partial charge in [0.05, 0.1) is 0 Å². The van der Waals surface area contributed by atoms with Crippen LogP contribution in [-0.4, -0.2) is 27.9 Å². The van der Waals surface area contributed by atoms with Crippen LogP contribution in [-0.2, 0) is 9.59 Å². The number of aliphatic hydroxyl groups is 1. The molecular weight excluding hydrogens is 380 g/mol. The van der Waals surface area contributed by atoms with Gasteiger partial charge in [0.1, 0.15) is 0 Å². The van der Waals surface area contributed by atoms with E-state index >= 15 is 0 Å². The zero-order valence-electron chi connectivity index (χ0n) is 18.3. The molecule has 0 aliphatic heterocycles. The predicted molar refractivity (Wildman–Crippen MR) is 119 cm³/mol. The van der Waals surface area contributed by atoms with Crippen LogP contribution in [0.5, 0.6) is 0 Å². The molecule has 0 bridgehead atoms. The van der Waals surface area contributed by atoms with Crippen molar-refractivity contribution < 1.29 is 14.7 Å². The van der Waals surface area contributed by atoms with Gasteiger partial charge in [0.2, 0.25) is 0 Å². The van der Waals surface area contributed by atoms with Crippen LogP contribution in [0.15, 0.2) is 11.6 Å². The van der Waals surface area contributed by atoms with Crippen molar-refractivity contribution in [2.75, 3.05) is 6.61 Å². The van der Waals surface area contributed by atoms with E-state index in [-0.39, 0.29) is 11.2 Å². The second-order valence-electron chi connectivity index (χ2n) is 10.4. The lowest BCUT2D eigenvalue weighted by atomic mass is 9.46. The maximum Gasteiger partial charge on any atom is 0.188 e. The number of carbonyl (C=O) groups excluding carboxylic acids is 2. The van der Waals surface area contributed by atoms with Crippen molar-refractivity contribution in [1.82, 2.24) is 0 Å². The highest BCUT2D eigenvalue weighted by molar-refractivity contribution is 8.14. The first-order chi connectivity index (χ1) is 13.9. The average molecular weight is 419 g/mol. The van der Waals surface area contributed by atoms with Gasteiger partial charge in [-0.15, -0.1) is 0 Å². The summed E-state index contributed by atoms with van der Waals surface area (Å²) in [5.41, 5.74) is 1.94. The maximum absolute atomic E-state index is 12.5. The average Bonchev–Trinajstić information content (AvgIpc) is 3.13. The number of carbonyl (C=O) groups is 2. The van der Waals surface area contributed by atoms with Gasteiger partial charge in [-0.2, -0.15) is 0 Å². The van der Waals surface area contributed by atoms with Crippen molar-refractivity contribution >= 4 is 22.7 Å². The second kappa shape index (κ2) is 8.49. The summed E-state index contributed by atoms with van der Waals surface area (Å²) in [7, 11) is 0. The Balaban J connectivity index is 1.67. The van der Waals surface area contributed by atoms with Crippen LogP contribution in [0.25, 0.3) is 0 Å². The number of unbranched alkanes of at least 4 members (excludes halogenated alkanes) is 1. The Labute approximate surface area is 180 Å². The van der Waals surface area contributed by atoms with Crippen molar-refractivity contribution in [2.24, 2.45) is 28.6 Å². The Kier molecular flexibility index (Phi) is 6.33. The minimum Gasteiger partial charge on any atom is -0.396 e. The summed E-state index contributed by atoms with van der Waals surface area (Å²) in [4.78, 5) is 24.7. The Morgan fingerprint density at radius 2 is 2.03 bits per heavy atom. The Morgan fingerprint density at radius 3 is 2.79 bits per heavy atom. The SMILES string of the molecule is CCC(=O)S[C@@H]1CC2=CC(=O)CC[C@]2(C)[C@H]2CC[C@]3(CCCCO)CCC[C@H]3[C@H]12. The van der Waals surface area contributed by atoms with Gasteiger partial charge in [-0.25, -0.2) is 0 Å². The molecule has 29 heavy (non-hydrogen) atoms. The third kappa shape index (κ3) is 3.78. The van der Waals surface area contributed by atoms with Crippen LogP contribution >= 0.6 is 11.8 Å². The molecular formula is C25H38O3S. The molecule has 4 heteroatoms. The van der Waals surface area contributed by atoms with Crippen LogP contribution in [0.3, 0.4) is 0 Å². The summed E-state index contributed by atoms with van der Waals surface area (Å²) >= 11 is 1.61.